The SMILES string of the molecule is C=CN(c1nc(N)[nH]c(=O)c1[NH2+]C)C1OC(COP(=O)(O)OP(=O)(O)OP(=O)(O)OCC2OC(n3ccc(N)nc3=O)C(OC)C2OP(=O)(O)OCC2OC(n3cnc4c(=O)[nH]c(N)nc43)C(O)C2O)C(OC)C1O. The number of phosphoric acid groups is 4. The molecular formula is C33H50N13O25P4+. The molecule has 0 aromatic carbocycles. The fourth-order valence-corrected chi connectivity index (χ4v) is 12.4. The van der Waals surface area contributed by atoms with Crippen LogP contribution in [0.5, 0.6) is 0 Å². The van der Waals surface area contributed by atoms with Crippen LogP contribution in [-0.4, -0.2) is 176 Å². The van der Waals surface area contributed by atoms with Crippen molar-refractivity contribution in [2.24, 2.45) is 0 Å². The molecule has 416 valence electrons. The molecule has 0 amide bonds. The number of nitrogens with two attached hydrogens (primary N) is 4. The number of anilines is 4. The molecule has 16 atom stereocenters. The fraction of sp³-hybridized carbons (Fsp3) is 0.545. The first-order valence-electron chi connectivity index (χ1n) is 21.2. The molecule has 75 heavy (non-hydrogen) atoms. The summed E-state index contributed by atoms with van der Waals surface area (Å²) in [6.07, 6.45) is -16.7. The van der Waals surface area contributed by atoms with Crippen molar-refractivity contribution >= 4 is 71.7 Å². The Balaban J connectivity index is 1.01. The highest BCUT2D eigenvalue weighted by Gasteiger charge is 2.54. The summed E-state index contributed by atoms with van der Waals surface area (Å²) in [5.41, 5.74) is 14.1. The standard InChI is InChI=1S/C33H49N13O25P4/c1-5-44(24-16(37-2)26(50)42-31(35)40-24)29-20(49)21(61-3)13(67-29)9-64-73(55,56)70-75(59,60)71-74(57,58)65-10-14-22(23(62-4)30(68-14)45-7-6-15(34)39-33(45)52)69-72(53,54)63-8-12-18(47)19(48)28(66-12)46-11-38-17-25(46)41-32(36)43-27(17)51/h5-7,11-14,18-23,28-30,37,47-49H,1,8-10H2,2-4H3,(H,53,54)(H,55,56)(H,57,58)(H,59,60)(H2,34,39,52)(H3,35,40,42,50)(H3,36,41,43,51)/p+1. The number of imidazole rings is 1. The van der Waals surface area contributed by atoms with Gasteiger partial charge in [0.2, 0.25) is 23.4 Å². The van der Waals surface area contributed by atoms with Crippen LogP contribution in [0.3, 0.4) is 0 Å². The van der Waals surface area contributed by atoms with Crippen LogP contribution in [-0.2, 0) is 68.7 Å². The van der Waals surface area contributed by atoms with E-state index in [2.05, 4.69) is 45.1 Å². The number of nitrogens with one attached hydrogen (secondary N) is 2. The molecule has 0 saturated carbocycles. The van der Waals surface area contributed by atoms with Crippen molar-refractivity contribution in [2.75, 3.05) is 63.2 Å². The zero-order chi connectivity index (χ0) is 55.1. The van der Waals surface area contributed by atoms with Crippen molar-refractivity contribution in [3.8, 4) is 0 Å². The molecule has 4 aromatic heterocycles. The molecular weight excluding hydrogens is 1100 g/mol. The van der Waals surface area contributed by atoms with Gasteiger partial charge in [0, 0.05) is 26.6 Å². The Morgan fingerprint density at radius 2 is 1.32 bits per heavy atom. The maximum Gasteiger partial charge on any atom is 0.490 e. The minimum absolute atomic E-state index is 0.0221. The highest BCUT2D eigenvalue weighted by molar-refractivity contribution is 7.66. The maximum absolute atomic E-state index is 13.6. The number of ether oxygens (including phenoxy) is 5. The monoisotopic (exact) mass is 1150 g/mol. The summed E-state index contributed by atoms with van der Waals surface area (Å²) in [6, 6.07) is 1.14. The van der Waals surface area contributed by atoms with E-state index in [1.807, 2.05) is 0 Å². The van der Waals surface area contributed by atoms with Crippen molar-refractivity contribution in [3.05, 3.63) is 62.6 Å². The van der Waals surface area contributed by atoms with Crippen LogP contribution in [0.1, 0.15) is 12.5 Å². The van der Waals surface area contributed by atoms with E-state index in [1.54, 1.807) is 0 Å². The van der Waals surface area contributed by atoms with Crippen molar-refractivity contribution in [2.45, 2.75) is 73.6 Å². The van der Waals surface area contributed by atoms with Gasteiger partial charge in [-0.1, -0.05) is 6.58 Å². The van der Waals surface area contributed by atoms with Gasteiger partial charge in [0.15, 0.2) is 29.8 Å². The van der Waals surface area contributed by atoms with Crippen molar-refractivity contribution < 1.29 is 109 Å². The Morgan fingerprint density at radius 3 is 1.92 bits per heavy atom. The third-order valence-electron chi connectivity index (χ3n) is 11.2. The van der Waals surface area contributed by atoms with Crippen LogP contribution in [0.2, 0.25) is 0 Å². The van der Waals surface area contributed by atoms with Gasteiger partial charge < -0.3 is 81.1 Å². The molecule has 38 nitrogen and oxygen atoms in total. The summed E-state index contributed by atoms with van der Waals surface area (Å²) in [5.74, 6) is -1.02. The predicted molar refractivity (Wildman–Crippen MR) is 245 cm³/mol. The minimum atomic E-state index is -6.21. The minimum Gasteiger partial charge on any atom is -0.387 e. The summed E-state index contributed by atoms with van der Waals surface area (Å²) < 4.78 is 111. The molecule has 3 aliphatic heterocycles. The molecule has 3 aliphatic rings. The number of nitrogen functional groups attached to an aromatic ring is 3. The Morgan fingerprint density at radius 1 is 0.747 bits per heavy atom. The fourth-order valence-electron chi connectivity index (χ4n) is 7.93. The smallest absolute Gasteiger partial charge is 0.387 e. The van der Waals surface area contributed by atoms with Gasteiger partial charge in [0.25, 0.3) is 5.56 Å². The Bertz CT molecular complexity index is 3130. The lowest BCUT2D eigenvalue weighted by molar-refractivity contribution is -0.540. The largest absolute Gasteiger partial charge is 0.490 e. The van der Waals surface area contributed by atoms with Gasteiger partial charge in [-0.15, -0.1) is 0 Å². The number of aromatic amines is 2. The Kier molecular flexibility index (Phi) is 17.5. The Hall–Kier alpha value is -4.79. The number of H-pyrrole nitrogens is 2. The number of methoxy groups -OCH3 is 2. The topological polar surface area (TPSA) is 554 Å². The first kappa shape index (κ1) is 57.9. The number of aliphatic hydroxyl groups excluding tert-OH is 3. The molecule has 0 spiro atoms. The molecule has 0 bridgehead atoms. The second-order valence-corrected chi connectivity index (χ2v) is 22.0. The summed E-state index contributed by atoms with van der Waals surface area (Å²) >= 11 is 0. The van der Waals surface area contributed by atoms with E-state index < -0.39 is 142 Å². The van der Waals surface area contributed by atoms with Crippen LogP contribution in [0.4, 0.5) is 29.2 Å². The van der Waals surface area contributed by atoms with E-state index in [0.29, 0.717) is 0 Å². The normalized spacial score (nSPS) is 30.2. The summed E-state index contributed by atoms with van der Waals surface area (Å²) in [6.45, 7) is 0.252. The lowest BCUT2D eigenvalue weighted by Crippen LogP contribution is -2.75. The molecule has 4 aromatic rings. The highest BCUT2D eigenvalue weighted by Crippen LogP contribution is 2.68. The van der Waals surface area contributed by atoms with Crippen LogP contribution in [0, 0.1) is 0 Å². The second-order valence-electron chi connectivity index (χ2n) is 15.9. The van der Waals surface area contributed by atoms with Crippen LogP contribution in [0.15, 0.2) is 45.8 Å². The number of fused-ring (bicyclic) bond motifs is 1. The number of hydrogen-bond donors (Lipinski definition) is 13. The zero-order valence-corrected chi connectivity index (χ0v) is 42.4. The number of quaternary nitrogens is 1. The third kappa shape index (κ3) is 12.8. The number of aromatic nitrogens is 8. The van der Waals surface area contributed by atoms with E-state index in [1.165, 1.54) is 12.4 Å². The zero-order valence-electron chi connectivity index (χ0n) is 38.8. The molecule has 7 heterocycles. The van der Waals surface area contributed by atoms with Gasteiger partial charge in [-0.25, -0.2) is 28.0 Å². The van der Waals surface area contributed by atoms with Crippen LogP contribution >= 0.6 is 31.3 Å². The molecule has 17 N–H and O–H groups in total. The first-order chi connectivity index (χ1) is 35.1. The lowest BCUT2D eigenvalue weighted by atomic mass is 10.1. The highest BCUT2D eigenvalue weighted by atomic mass is 31.3. The van der Waals surface area contributed by atoms with Gasteiger partial charge in [0.05, 0.1) is 33.2 Å². The number of aliphatic hydroxyl groups is 3. The first-order valence-corrected chi connectivity index (χ1v) is 27.2. The summed E-state index contributed by atoms with van der Waals surface area (Å²) in [7, 11) is -19.9. The van der Waals surface area contributed by atoms with E-state index >= 15 is 0 Å². The third-order valence-corrected chi connectivity index (χ3v) is 16.4. The number of nitrogens with zero attached hydrogens (tertiary/aromatic N) is 7. The van der Waals surface area contributed by atoms with Gasteiger partial charge in [-0.3, -0.25) is 51.7 Å². The average Bonchev–Trinajstić information content (AvgIpc) is 4.05. The quantitative estimate of drug-likeness (QED) is 0.0310. The molecule has 3 fully saturated rings. The molecule has 3 saturated heterocycles. The van der Waals surface area contributed by atoms with E-state index in [0.717, 1.165) is 53.0 Å². The van der Waals surface area contributed by atoms with Gasteiger partial charge in [-0.2, -0.15) is 23.6 Å². The number of rotatable bonds is 23. The Labute approximate surface area is 418 Å². The van der Waals surface area contributed by atoms with Crippen LogP contribution < -0.4 is 44.2 Å². The second kappa shape index (κ2) is 22.7. The molecule has 0 radical (unpaired) electrons. The molecule has 42 heteroatoms. The molecule has 7 rings (SSSR count). The van der Waals surface area contributed by atoms with Crippen molar-refractivity contribution in [1.29, 1.82) is 0 Å². The number of phosphoric ester groups is 3. The lowest BCUT2D eigenvalue weighted by Gasteiger charge is -2.28. The summed E-state index contributed by atoms with van der Waals surface area (Å²) in [4.78, 5) is 101. The average molecular weight is 1150 g/mol. The maximum atomic E-state index is 13.6. The van der Waals surface area contributed by atoms with E-state index in [4.69, 9.17) is 59.0 Å². The molecule has 16 unspecified atom stereocenters. The van der Waals surface area contributed by atoms with Gasteiger partial charge >= 0.3 is 42.5 Å². The van der Waals surface area contributed by atoms with E-state index in [9.17, 15) is 67.5 Å². The summed E-state index contributed by atoms with van der Waals surface area (Å²) in [5, 5.41) is 34.1. The van der Waals surface area contributed by atoms with Crippen molar-refractivity contribution in [3.63, 3.8) is 0 Å². The number of hydrogen-bond acceptors (Lipinski definition) is 29. The van der Waals surface area contributed by atoms with Gasteiger partial charge in [-0.05, 0) is 6.07 Å². The predicted octanol–water partition coefficient (Wildman–Crippen LogP) is -4.82. The van der Waals surface area contributed by atoms with Gasteiger partial charge in [0.1, 0.15) is 60.8 Å². The van der Waals surface area contributed by atoms with Crippen LogP contribution in [0.25, 0.3) is 11.2 Å². The van der Waals surface area contributed by atoms with Crippen molar-refractivity contribution in [1.82, 2.24) is 39.0 Å². The molecule has 0 aliphatic carbocycles. The van der Waals surface area contributed by atoms with E-state index in [-0.39, 0.29) is 40.4 Å².